The lowest BCUT2D eigenvalue weighted by Crippen LogP contribution is -2.13. The van der Waals surface area contributed by atoms with Crippen molar-refractivity contribution in [2.24, 2.45) is 0 Å². The van der Waals surface area contributed by atoms with Gasteiger partial charge in [-0.2, -0.15) is 0 Å². The summed E-state index contributed by atoms with van der Waals surface area (Å²) >= 11 is 12.0. The van der Waals surface area contributed by atoms with Gasteiger partial charge < -0.3 is 5.32 Å². The Morgan fingerprint density at radius 2 is 1.93 bits per heavy atom. The van der Waals surface area contributed by atoms with E-state index < -0.39 is 0 Å². The Morgan fingerprint density at radius 1 is 1.29 bits per heavy atom. The molecule has 0 spiro atoms. The molecular weight excluding hydrogens is 217 g/mol. The van der Waals surface area contributed by atoms with Crippen molar-refractivity contribution < 1.29 is 0 Å². The van der Waals surface area contributed by atoms with Gasteiger partial charge in [-0.25, -0.2) is 0 Å². The van der Waals surface area contributed by atoms with Crippen LogP contribution in [0.15, 0.2) is 18.2 Å². The molecule has 1 aromatic carbocycles. The number of hydrogen-bond donors (Lipinski definition) is 1. The molecule has 0 fully saturated rings. The van der Waals surface area contributed by atoms with E-state index >= 15 is 0 Å². The van der Waals surface area contributed by atoms with Gasteiger partial charge >= 0.3 is 0 Å². The summed E-state index contributed by atoms with van der Waals surface area (Å²) in [6.07, 6.45) is 0. The molecule has 0 aromatic heterocycles. The van der Waals surface area contributed by atoms with Crippen molar-refractivity contribution in [2.45, 2.75) is 13.5 Å². The molecule has 0 saturated heterocycles. The van der Waals surface area contributed by atoms with Gasteiger partial charge in [0.2, 0.25) is 0 Å². The van der Waals surface area contributed by atoms with Gasteiger partial charge in [-0.1, -0.05) is 35.2 Å². The highest BCUT2D eigenvalue weighted by atomic mass is 35.5. The Labute approximate surface area is 94.4 Å². The summed E-state index contributed by atoms with van der Waals surface area (Å²) in [5.74, 6) is 5.71. The number of halogens is 2. The van der Waals surface area contributed by atoms with E-state index in [2.05, 4.69) is 17.2 Å². The van der Waals surface area contributed by atoms with Gasteiger partial charge in [-0.15, -0.1) is 5.92 Å². The highest BCUT2D eigenvalue weighted by Gasteiger charge is 2.03. The van der Waals surface area contributed by atoms with Crippen LogP contribution >= 0.6 is 23.2 Å². The van der Waals surface area contributed by atoms with Crippen LogP contribution in [0, 0.1) is 11.8 Å². The van der Waals surface area contributed by atoms with Crippen LogP contribution in [0.3, 0.4) is 0 Å². The van der Waals surface area contributed by atoms with Crippen LogP contribution in [-0.2, 0) is 6.54 Å². The lowest BCUT2D eigenvalue weighted by molar-refractivity contribution is 0.770. The van der Waals surface area contributed by atoms with Gasteiger partial charge in [0.05, 0.1) is 6.54 Å². The molecule has 0 aliphatic rings. The normalized spacial score (nSPS) is 9.36. The Morgan fingerprint density at radius 3 is 2.50 bits per heavy atom. The zero-order valence-electron chi connectivity index (χ0n) is 7.90. The van der Waals surface area contributed by atoms with Crippen LogP contribution < -0.4 is 5.32 Å². The first kappa shape index (κ1) is 11.4. The fourth-order valence-corrected chi connectivity index (χ4v) is 1.57. The second kappa shape index (κ2) is 5.93. The van der Waals surface area contributed by atoms with Crippen molar-refractivity contribution in [3.05, 3.63) is 33.8 Å². The van der Waals surface area contributed by atoms with Gasteiger partial charge in [0.1, 0.15) is 0 Å². The van der Waals surface area contributed by atoms with E-state index in [0.717, 1.165) is 5.56 Å². The van der Waals surface area contributed by atoms with E-state index in [1.54, 1.807) is 0 Å². The lowest BCUT2D eigenvalue weighted by Gasteiger charge is -2.06. The highest BCUT2D eigenvalue weighted by Crippen LogP contribution is 2.23. The van der Waals surface area contributed by atoms with Crippen LogP contribution in [0.4, 0.5) is 0 Å². The van der Waals surface area contributed by atoms with Gasteiger partial charge in [0, 0.05) is 22.2 Å². The number of rotatable bonds is 3. The summed E-state index contributed by atoms with van der Waals surface area (Å²) in [4.78, 5) is 0. The van der Waals surface area contributed by atoms with Crippen LogP contribution in [0.5, 0.6) is 0 Å². The zero-order chi connectivity index (χ0) is 10.4. The molecule has 0 aliphatic heterocycles. The van der Waals surface area contributed by atoms with E-state index in [1.165, 1.54) is 0 Å². The third kappa shape index (κ3) is 3.23. The molecule has 0 saturated carbocycles. The first-order valence-electron chi connectivity index (χ1n) is 4.29. The summed E-state index contributed by atoms with van der Waals surface area (Å²) in [5, 5.41) is 4.52. The molecule has 1 N–H and O–H groups in total. The Bertz CT molecular complexity index is 343. The van der Waals surface area contributed by atoms with Crippen molar-refractivity contribution in [1.82, 2.24) is 5.32 Å². The van der Waals surface area contributed by atoms with Crippen molar-refractivity contribution >= 4 is 23.2 Å². The smallest absolute Gasteiger partial charge is 0.0579 e. The molecule has 0 bridgehead atoms. The third-order valence-electron chi connectivity index (χ3n) is 1.75. The molecule has 0 atom stereocenters. The quantitative estimate of drug-likeness (QED) is 0.619. The molecule has 0 amide bonds. The van der Waals surface area contributed by atoms with Crippen LogP contribution in [0.1, 0.15) is 12.5 Å². The van der Waals surface area contributed by atoms with Gasteiger partial charge in [0.25, 0.3) is 0 Å². The molecule has 1 rings (SSSR count). The van der Waals surface area contributed by atoms with Crippen molar-refractivity contribution in [2.75, 3.05) is 6.54 Å². The molecular formula is C11H11Cl2N. The van der Waals surface area contributed by atoms with Gasteiger partial charge in [0.15, 0.2) is 0 Å². The number of nitrogens with one attached hydrogen (secondary N) is 1. The van der Waals surface area contributed by atoms with Gasteiger partial charge in [-0.05, 0) is 19.1 Å². The average Bonchev–Trinajstić information content (AvgIpc) is 2.16. The van der Waals surface area contributed by atoms with E-state index in [9.17, 15) is 0 Å². The minimum absolute atomic E-state index is 0.646. The molecule has 1 aromatic rings. The second-order valence-corrected chi connectivity index (χ2v) is 3.54. The Hall–Kier alpha value is -0.680. The maximum absolute atomic E-state index is 5.98. The maximum Gasteiger partial charge on any atom is 0.0579 e. The van der Waals surface area contributed by atoms with Crippen molar-refractivity contribution in [3.63, 3.8) is 0 Å². The van der Waals surface area contributed by atoms with Crippen LogP contribution in [0.25, 0.3) is 0 Å². The maximum atomic E-state index is 5.98. The monoisotopic (exact) mass is 227 g/mol. The molecule has 3 heteroatoms. The predicted molar refractivity (Wildman–Crippen MR) is 61.6 cm³/mol. The highest BCUT2D eigenvalue weighted by molar-refractivity contribution is 6.35. The summed E-state index contributed by atoms with van der Waals surface area (Å²) in [7, 11) is 0. The second-order valence-electron chi connectivity index (χ2n) is 2.73. The summed E-state index contributed by atoms with van der Waals surface area (Å²) < 4.78 is 0. The van der Waals surface area contributed by atoms with Gasteiger partial charge in [-0.3, -0.25) is 0 Å². The predicted octanol–water partition coefficient (Wildman–Crippen LogP) is 3.11. The van der Waals surface area contributed by atoms with Crippen molar-refractivity contribution in [3.8, 4) is 11.8 Å². The molecule has 1 nitrogen and oxygen atoms in total. The lowest BCUT2D eigenvalue weighted by atomic mass is 10.2. The van der Waals surface area contributed by atoms with E-state index in [1.807, 2.05) is 25.1 Å². The van der Waals surface area contributed by atoms with E-state index in [-0.39, 0.29) is 0 Å². The minimum Gasteiger partial charge on any atom is -0.302 e. The molecule has 0 heterocycles. The molecule has 0 unspecified atom stereocenters. The fraction of sp³-hybridized carbons (Fsp3) is 0.273. The number of benzene rings is 1. The first-order valence-corrected chi connectivity index (χ1v) is 5.04. The minimum atomic E-state index is 0.646. The fourth-order valence-electron chi connectivity index (χ4n) is 1.04. The van der Waals surface area contributed by atoms with Crippen LogP contribution in [0.2, 0.25) is 10.0 Å². The SMILES string of the molecule is CC#CCNCc1c(Cl)cccc1Cl. The van der Waals surface area contributed by atoms with E-state index in [0.29, 0.717) is 23.1 Å². The summed E-state index contributed by atoms with van der Waals surface area (Å²) in [5.41, 5.74) is 0.925. The largest absolute Gasteiger partial charge is 0.302 e. The zero-order valence-corrected chi connectivity index (χ0v) is 9.41. The molecule has 14 heavy (non-hydrogen) atoms. The number of hydrogen-bond acceptors (Lipinski definition) is 1. The summed E-state index contributed by atoms with van der Waals surface area (Å²) in [6.45, 7) is 3.11. The molecule has 0 aliphatic carbocycles. The molecule has 74 valence electrons. The Kier molecular flexibility index (Phi) is 4.82. The van der Waals surface area contributed by atoms with Crippen LogP contribution in [-0.4, -0.2) is 6.54 Å². The summed E-state index contributed by atoms with van der Waals surface area (Å²) in [6, 6.07) is 5.49. The first-order chi connectivity index (χ1) is 6.75. The standard InChI is InChI=1S/C11H11Cl2N/c1-2-3-7-14-8-9-10(12)5-4-6-11(9)13/h4-6,14H,7-8H2,1H3. The molecule has 0 radical (unpaired) electrons. The third-order valence-corrected chi connectivity index (χ3v) is 2.46. The van der Waals surface area contributed by atoms with E-state index in [4.69, 9.17) is 23.2 Å². The average molecular weight is 228 g/mol. The topological polar surface area (TPSA) is 12.0 Å². The van der Waals surface area contributed by atoms with Crippen molar-refractivity contribution in [1.29, 1.82) is 0 Å². The Balaban J connectivity index is 2.60.